The number of aromatic amines is 1. The number of anilines is 1. The summed E-state index contributed by atoms with van der Waals surface area (Å²) in [7, 11) is 1.64. The molecule has 0 radical (unpaired) electrons. The van der Waals surface area contributed by atoms with Gasteiger partial charge in [0, 0.05) is 49.3 Å². The second kappa shape index (κ2) is 8.03. The summed E-state index contributed by atoms with van der Waals surface area (Å²) in [6, 6.07) is 13.5. The first-order valence-corrected chi connectivity index (χ1v) is 10.7. The van der Waals surface area contributed by atoms with E-state index in [0.717, 1.165) is 52.6 Å². The SMILES string of the molecule is COc1ccc2cc(C(=O)N3CCN(c4c(C)nn(-c5ccccn5)c4C)CC3)[nH]c2c1. The number of piperazine rings is 1. The summed E-state index contributed by atoms with van der Waals surface area (Å²) < 4.78 is 7.17. The predicted octanol–water partition coefficient (Wildman–Crippen LogP) is 3.34. The number of carbonyl (C=O) groups excluding carboxylic acids is 1. The molecule has 32 heavy (non-hydrogen) atoms. The fraction of sp³-hybridized carbons (Fsp3) is 0.292. The molecule has 8 heteroatoms. The zero-order valence-electron chi connectivity index (χ0n) is 18.5. The number of pyridine rings is 1. The van der Waals surface area contributed by atoms with Crippen molar-refractivity contribution in [1.29, 1.82) is 0 Å². The molecular weight excluding hydrogens is 404 g/mol. The number of carbonyl (C=O) groups is 1. The average molecular weight is 431 g/mol. The van der Waals surface area contributed by atoms with Crippen molar-refractivity contribution in [3.05, 3.63) is 65.7 Å². The number of hydrogen-bond acceptors (Lipinski definition) is 5. The molecule has 5 rings (SSSR count). The van der Waals surface area contributed by atoms with Crippen LogP contribution in [-0.2, 0) is 0 Å². The van der Waals surface area contributed by atoms with Gasteiger partial charge < -0.3 is 19.5 Å². The second-order valence-corrected chi connectivity index (χ2v) is 8.03. The minimum atomic E-state index is 0.0254. The van der Waals surface area contributed by atoms with E-state index in [1.165, 1.54) is 0 Å². The number of aromatic nitrogens is 4. The molecule has 1 saturated heterocycles. The fourth-order valence-corrected chi connectivity index (χ4v) is 4.45. The highest BCUT2D eigenvalue weighted by Crippen LogP contribution is 2.28. The van der Waals surface area contributed by atoms with Crippen molar-refractivity contribution in [2.24, 2.45) is 0 Å². The van der Waals surface area contributed by atoms with E-state index < -0.39 is 0 Å². The van der Waals surface area contributed by atoms with Crippen LogP contribution in [-0.4, -0.2) is 63.8 Å². The third kappa shape index (κ3) is 3.47. The van der Waals surface area contributed by atoms with Gasteiger partial charge in [-0.05, 0) is 44.2 Å². The summed E-state index contributed by atoms with van der Waals surface area (Å²) in [6.07, 6.45) is 1.77. The molecule has 0 spiro atoms. The van der Waals surface area contributed by atoms with Gasteiger partial charge in [-0.15, -0.1) is 0 Å². The Kier molecular flexibility index (Phi) is 5.05. The molecule has 4 heterocycles. The largest absolute Gasteiger partial charge is 0.497 e. The third-order valence-electron chi connectivity index (χ3n) is 6.06. The molecule has 1 aliphatic rings. The van der Waals surface area contributed by atoms with Gasteiger partial charge in [0.1, 0.15) is 11.4 Å². The van der Waals surface area contributed by atoms with Crippen LogP contribution in [0.3, 0.4) is 0 Å². The van der Waals surface area contributed by atoms with E-state index in [4.69, 9.17) is 9.84 Å². The Balaban J connectivity index is 1.31. The third-order valence-corrected chi connectivity index (χ3v) is 6.06. The van der Waals surface area contributed by atoms with Crippen molar-refractivity contribution in [3.63, 3.8) is 0 Å². The molecule has 1 N–H and O–H groups in total. The first-order chi connectivity index (χ1) is 15.5. The monoisotopic (exact) mass is 430 g/mol. The zero-order valence-corrected chi connectivity index (χ0v) is 18.5. The summed E-state index contributed by atoms with van der Waals surface area (Å²) in [4.78, 5) is 25.0. The van der Waals surface area contributed by atoms with Gasteiger partial charge in [-0.2, -0.15) is 5.10 Å². The van der Waals surface area contributed by atoms with Crippen molar-refractivity contribution in [2.75, 3.05) is 38.2 Å². The Morgan fingerprint density at radius 1 is 1.06 bits per heavy atom. The molecule has 1 amide bonds. The van der Waals surface area contributed by atoms with Crippen LogP contribution < -0.4 is 9.64 Å². The summed E-state index contributed by atoms with van der Waals surface area (Å²) in [5.41, 5.74) is 4.67. The minimum absolute atomic E-state index is 0.0254. The topological polar surface area (TPSA) is 79.3 Å². The molecule has 8 nitrogen and oxygen atoms in total. The van der Waals surface area contributed by atoms with Crippen LogP contribution >= 0.6 is 0 Å². The van der Waals surface area contributed by atoms with Crippen molar-refractivity contribution >= 4 is 22.5 Å². The molecule has 1 fully saturated rings. The lowest BCUT2D eigenvalue weighted by Crippen LogP contribution is -2.49. The van der Waals surface area contributed by atoms with Crippen LogP contribution in [0.2, 0.25) is 0 Å². The van der Waals surface area contributed by atoms with Gasteiger partial charge >= 0.3 is 0 Å². The standard InChI is InChI=1S/C24H26N6O2/c1-16-23(17(2)30(27-16)22-6-4-5-9-25-22)28-10-12-29(13-11-28)24(31)21-14-18-7-8-19(32-3)15-20(18)26-21/h4-9,14-15,26H,10-13H2,1-3H3. The number of rotatable bonds is 4. The van der Waals surface area contributed by atoms with Gasteiger partial charge in [0.05, 0.1) is 24.2 Å². The maximum absolute atomic E-state index is 13.1. The van der Waals surface area contributed by atoms with Crippen molar-refractivity contribution in [1.82, 2.24) is 24.6 Å². The van der Waals surface area contributed by atoms with Gasteiger partial charge in [-0.1, -0.05) is 6.07 Å². The Morgan fingerprint density at radius 2 is 1.88 bits per heavy atom. The summed E-state index contributed by atoms with van der Waals surface area (Å²) in [6.45, 7) is 6.93. The highest BCUT2D eigenvalue weighted by Gasteiger charge is 2.27. The van der Waals surface area contributed by atoms with Gasteiger partial charge in [0.25, 0.3) is 5.91 Å². The maximum Gasteiger partial charge on any atom is 0.270 e. The summed E-state index contributed by atoms with van der Waals surface area (Å²) in [5, 5.41) is 5.71. The van der Waals surface area contributed by atoms with E-state index in [-0.39, 0.29) is 5.91 Å². The summed E-state index contributed by atoms with van der Waals surface area (Å²) in [5.74, 6) is 1.60. The quantitative estimate of drug-likeness (QED) is 0.537. The van der Waals surface area contributed by atoms with E-state index in [0.29, 0.717) is 18.8 Å². The molecular formula is C24H26N6O2. The Morgan fingerprint density at radius 3 is 2.59 bits per heavy atom. The molecule has 1 aromatic carbocycles. The van der Waals surface area contributed by atoms with Crippen molar-refractivity contribution < 1.29 is 9.53 Å². The maximum atomic E-state index is 13.1. The number of ether oxygens (including phenoxy) is 1. The number of hydrogen-bond donors (Lipinski definition) is 1. The Bertz CT molecular complexity index is 1270. The van der Waals surface area contributed by atoms with Gasteiger partial charge in [0.15, 0.2) is 5.82 Å². The number of methoxy groups -OCH3 is 1. The number of aryl methyl sites for hydroxylation is 1. The lowest BCUT2D eigenvalue weighted by atomic mass is 10.2. The van der Waals surface area contributed by atoms with Crippen molar-refractivity contribution in [3.8, 4) is 11.6 Å². The first kappa shape index (κ1) is 20.1. The van der Waals surface area contributed by atoms with Crippen LogP contribution in [0.4, 0.5) is 5.69 Å². The molecule has 0 atom stereocenters. The molecule has 1 aliphatic heterocycles. The molecule has 4 aromatic rings. The number of H-pyrrole nitrogens is 1. The first-order valence-electron chi connectivity index (χ1n) is 10.7. The van der Waals surface area contributed by atoms with Crippen molar-refractivity contribution in [2.45, 2.75) is 13.8 Å². The molecule has 0 aliphatic carbocycles. The lowest BCUT2D eigenvalue weighted by molar-refractivity contribution is 0.0742. The highest BCUT2D eigenvalue weighted by atomic mass is 16.5. The fourth-order valence-electron chi connectivity index (χ4n) is 4.45. The van der Waals surface area contributed by atoms with E-state index in [1.54, 1.807) is 13.3 Å². The van der Waals surface area contributed by atoms with E-state index in [1.807, 2.05) is 59.0 Å². The number of nitrogens with zero attached hydrogens (tertiary/aromatic N) is 5. The Labute approximate surface area is 186 Å². The number of benzene rings is 1. The lowest BCUT2D eigenvalue weighted by Gasteiger charge is -2.36. The van der Waals surface area contributed by atoms with Crippen LogP contribution in [0.25, 0.3) is 16.7 Å². The van der Waals surface area contributed by atoms with Crippen LogP contribution in [0.1, 0.15) is 21.9 Å². The average Bonchev–Trinajstić information content (AvgIpc) is 3.39. The van der Waals surface area contributed by atoms with Gasteiger partial charge in [0.2, 0.25) is 0 Å². The number of amides is 1. The van der Waals surface area contributed by atoms with Gasteiger partial charge in [-0.3, -0.25) is 4.79 Å². The number of fused-ring (bicyclic) bond motifs is 1. The van der Waals surface area contributed by atoms with E-state index in [9.17, 15) is 4.79 Å². The normalized spacial score (nSPS) is 14.2. The predicted molar refractivity (Wildman–Crippen MR) is 124 cm³/mol. The summed E-state index contributed by atoms with van der Waals surface area (Å²) >= 11 is 0. The van der Waals surface area contributed by atoms with Crippen LogP contribution in [0, 0.1) is 13.8 Å². The highest BCUT2D eigenvalue weighted by molar-refractivity contribution is 5.98. The van der Waals surface area contributed by atoms with Gasteiger partial charge in [-0.25, -0.2) is 9.67 Å². The molecule has 164 valence electrons. The van der Waals surface area contributed by atoms with E-state index in [2.05, 4.69) is 21.8 Å². The molecule has 0 unspecified atom stereocenters. The molecule has 0 bridgehead atoms. The second-order valence-electron chi connectivity index (χ2n) is 8.03. The Hall–Kier alpha value is -3.81. The minimum Gasteiger partial charge on any atom is -0.497 e. The van der Waals surface area contributed by atoms with Crippen LogP contribution in [0.5, 0.6) is 5.75 Å². The molecule has 3 aromatic heterocycles. The van der Waals surface area contributed by atoms with E-state index >= 15 is 0 Å². The van der Waals surface area contributed by atoms with Crippen LogP contribution in [0.15, 0.2) is 48.7 Å². The number of nitrogens with one attached hydrogen (secondary N) is 1. The zero-order chi connectivity index (χ0) is 22.2. The molecule has 0 saturated carbocycles. The smallest absolute Gasteiger partial charge is 0.270 e.